The molecule has 14 heavy (non-hydrogen) atoms. The summed E-state index contributed by atoms with van der Waals surface area (Å²) in [6.07, 6.45) is 0. The fraction of sp³-hybridized carbons (Fsp3) is 0.455. The van der Waals surface area contributed by atoms with E-state index in [2.05, 4.69) is 22.9 Å². The summed E-state index contributed by atoms with van der Waals surface area (Å²) < 4.78 is 11.9. The van der Waals surface area contributed by atoms with Crippen LogP contribution in [0.1, 0.15) is 6.92 Å². The predicted molar refractivity (Wildman–Crippen MR) is 58.6 cm³/mol. The lowest BCUT2D eigenvalue weighted by molar-refractivity contribution is -0.120. The Morgan fingerprint density at radius 3 is 2.71 bits per heavy atom. The number of ether oxygens (including phenoxy) is 2. The van der Waals surface area contributed by atoms with Crippen LogP contribution >= 0.6 is 15.9 Å². The molecule has 0 aromatic heterocycles. The minimum atomic E-state index is 0.204. The predicted octanol–water partition coefficient (Wildman–Crippen LogP) is 2.86. The van der Waals surface area contributed by atoms with E-state index in [1.807, 2.05) is 24.3 Å². The number of para-hydroxylation sites is 1. The first-order valence-corrected chi connectivity index (χ1v) is 5.44. The second-order valence-electron chi connectivity index (χ2n) is 4.02. The maximum absolute atomic E-state index is 5.72. The molecule has 3 heteroatoms. The molecule has 0 aliphatic carbocycles. The molecule has 1 aromatic carbocycles. The summed E-state index contributed by atoms with van der Waals surface area (Å²) in [5.74, 6) is 0.903. The Balaban J connectivity index is 1.95. The molecule has 2 nitrogen and oxygen atoms in total. The third-order valence-electron chi connectivity index (χ3n) is 2.31. The van der Waals surface area contributed by atoms with Gasteiger partial charge in [-0.25, -0.2) is 0 Å². The topological polar surface area (TPSA) is 18.5 Å². The van der Waals surface area contributed by atoms with Crippen LogP contribution in [-0.2, 0) is 4.74 Å². The van der Waals surface area contributed by atoms with Crippen LogP contribution in [0.15, 0.2) is 28.7 Å². The van der Waals surface area contributed by atoms with E-state index in [0.717, 1.165) is 30.0 Å². The van der Waals surface area contributed by atoms with E-state index in [4.69, 9.17) is 9.47 Å². The van der Waals surface area contributed by atoms with E-state index in [-0.39, 0.29) is 5.41 Å². The second kappa shape index (κ2) is 3.91. The quantitative estimate of drug-likeness (QED) is 0.828. The van der Waals surface area contributed by atoms with E-state index in [0.29, 0.717) is 0 Å². The van der Waals surface area contributed by atoms with E-state index >= 15 is 0 Å². The van der Waals surface area contributed by atoms with E-state index in [1.165, 1.54) is 0 Å². The van der Waals surface area contributed by atoms with E-state index < -0.39 is 0 Å². The first kappa shape index (κ1) is 9.99. The molecule has 0 saturated carbocycles. The molecule has 1 saturated heterocycles. The summed E-state index contributed by atoms with van der Waals surface area (Å²) in [6.45, 7) is 4.50. The van der Waals surface area contributed by atoms with Crippen molar-refractivity contribution in [3.05, 3.63) is 28.7 Å². The molecule has 1 aliphatic heterocycles. The molecule has 0 atom stereocenters. The van der Waals surface area contributed by atoms with Gasteiger partial charge in [-0.2, -0.15) is 0 Å². The Morgan fingerprint density at radius 1 is 1.43 bits per heavy atom. The van der Waals surface area contributed by atoms with Crippen LogP contribution in [0.3, 0.4) is 0 Å². The van der Waals surface area contributed by atoms with Crippen molar-refractivity contribution in [3.8, 4) is 5.75 Å². The van der Waals surface area contributed by atoms with E-state index in [1.54, 1.807) is 0 Å². The molecule has 2 rings (SSSR count). The van der Waals surface area contributed by atoms with Gasteiger partial charge in [0.15, 0.2) is 0 Å². The van der Waals surface area contributed by atoms with Crippen LogP contribution in [0, 0.1) is 5.41 Å². The van der Waals surface area contributed by atoms with Crippen molar-refractivity contribution in [2.75, 3.05) is 19.8 Å². The maximum Gasteiger partial charge on any atom is 0.133 e. The van der Waals surface area contributed by atoms with E-state index in [9.17, 15) is 0 Å². The molecule has 0 radical (unpaired) electrons. The van der Waals surface area contributed by atoms with Gasteiger partial charge in [0.05, 0.1) is 24.3 Å². The van der Waals surface area contributed by atoms with Gasteiger partial charge in [0.1, 0.15) is 5.75 Å². The molecule has 1 heterocycles. The lowest BCUT2D eigenvalue weighted by atomic mass is 9.90. The highest BCUT2D eigenvalue weighted by Gasteiger charge is 2.34. The molecular formula is C11H13BrO2. The van der Waals surface area contributed by atoms with Gasteiger partial charge in [0, 0.05) is 5.41 Å². The van der Waals surface area contributed by atoms with Crippen LogP contribution in [0.2, 0.25) is 0 Å². The summed E-state index contributed by atoms with van der Waals surface area (Å²) in [6, 6.07) is 7.90. The molecule has 0 bridgehead atoms. The first-order chi connectivity index (χ1) is 6.70. The Kier molecular flexibility index (Phi) is 2.79. The lowest BCUT2D eigenvalue weighted by Crippen LogP contribution is -2.44. The summed E-state index contributed by atoms with van der Waals surface area (Å²) >= 11 is 3.45. The van der Waals surface area contributed by atoms with Gasteiger partial charge in [-0.3, -0.25) is 0 Å². The number of halogens is 1. The van der Waals surface area contributed by atoms with Gasteiger partial charge in [-0.1, -0.05) is 19.1 Å². The second-order valence-corrected chi connectivity index (χ2v) is 4.88. The zero-order valence-corrected chi connectivity index (χ0v) is 9.71. The van der Waals surface area contributed by atoms with Gasteiger partial charge in [0.2, 0.25) is 0 Å². The molecule has 0 N–H and O–H groups in total. The third-order valence-corrected chi connectivity index (χ3v) is 2.97. The van der Waals surface area contributed by atoms with Crippen molar-refractivity contribution in [1.29, 1.82) is 0 Å². The molecule has 0 spiro atoms. The minimum Gasteiger partial charge on any atom is -0.492 e. The van der Waals surface area contributed by atoms with Crippen molar-refractivity contribution < 1.29 is 9.47 Å². The van der Waals surface area contributed by atoms with Crippen molar-refractivity contribution in [2.24, 2.45) is 5.41 Å². The van der Waals surface area contributed by atoms with Crippen LogP contribution in [-0.4, -0.2) is 19.8 Å². The number of hydrogen-bond acceptors (Lipinski definition) is 2. The van der Waals surface area contributed by atoms with Crippen molar-refractivity contribution in [1.82, 2.24) is 0 Å². The summed E-state index contributed by atoms with van der Waals surface area (Å²) in [7, 11) is 0. The summed E-state index contributed by atoms with van der Waals surface area (Å²) in [5, 5.41) is 0. The molecule has 1 fully saturated rings. The Hall–Kier alpha value is -0.540. The van der Waals surface area contributed by atoms with Crippen LogP contribution in [0.25, 0.3) is 0 Å². The number of rotatable bonds is 3. The van der Waals surface area contributed by atoms with Gasteiger partial charge >= 0.3 is 0 Å². The van der Waals surface area contributed by atoms with Gasteiger partial charge in [0.25, 0.3) is 0 Å². The molecule has 0 amide bonds. The third kappa shape index (κ3) is 2.10. The van der Waals surface area contributed by atoms with Crippen LogP contribution < -0.4 is 4.74 Å². The molecule has 0 unspecified atom stereocenters. The fourth-order valence-electron chi connectivity index (χ4n) is 1.35. The van der Waals surface area contributed by atoms with Gasteiger partial charge < -0.3 is 9.47 Å². The fourth-order valence-corrected chi connectivity index (χ4v) is 1.75. The molecule has 1 aromatic rings. The molecule has 76 valence electrons. The normalized spacial score (nSPS) is 18.7. The number of hydrogen-bond donors (Lipinski definition) is 0. The highest BCUT2D eigenvalue weighted by Crippen LogP contribution is 2.30. The van der Waals surface area contributed by atoms with Crippen LogP contribution in [0.4, 0.5) is 0 Å². The summed E-state index contributed by atoms with van der Waals surface area (Å²) in [4.78, 5) is 0. The van der Waals surface area contributed by atoms with Crippen molar-refractivity contribution >= 4 is 15.9 Å². The molecule has 1 aliphatic rings. The Morgan fingerprint density at radius 2 is 2.14 bits per heavy atom. The maximum atomic E-state index is 5.72. The zero-order valence-electron chi connectivity index (χ0n) is 8.13. The highest BCUT2D eigenvalue weighted by molar-refractivity contribution is 9.10. The monoisotopic (exact) mass is 256 g/mol. The molecular weight excluding hydrogens is 244 g/mol. The largest absolute Gasteiger partial charge is 0.492 e. The Labute approximate surface area is 92.3 Å². The number of benzene rings is 1. The highest BCUT2D eigenvalue weighted by atomic mass is 79.9. The SMILES string of the molecule is CC1(COc2ccccc2Br)COC1. The lowest BCUT2D eigenvalue weighted by Gasteiger charge is -2.37. The Bertz CT molecular complexity index is 321. The van der Waals surface area contributed by atoms with Crippen LogP contribution in [0.5, 0.6) is 5.75 Å². The standard InChI is InChI=1S/C11H13BrO2/c1-11(6-13-7-11)8-14-10-5-3-2-4-9(10)12/h2-5H,6-8H2,1H3. The van der Waals surface area contributed by atoms with Crippen molar-refractivity contribution in [2.45, 2.75) is 6.92 Å². The smallest absolute Gasteiger partial charge is 0.133 e. The van der Waals surface area contributed by atoms with Crippen molar-refractivity contribution in [3.63, 3.8) is 0 Å². The zero-order chi connectivity index (χ0) is 10.0. The average molecular weight is 257 g/mol. The summed E-state index contributed by atoms with van der Waals surface area (Å²) in [5.41, 5.74) is 0.204. The minimum absolute atomic E-state index is 0.204. The average Bonchev–Trinajstić information content (AvgIpc) is 2.14. The first-order valence-electron chi connectivity index (χ1n) is 4.65. The van der Waals surface area contributed by atoms with Gasteiger partial charge in [-0.05, 0) is 28.1 Å². The van der Waals surface area contributed by atoms with Gasteiger partial charge in [-0.15, -0.1) is 0 Å².